The number of hydrogen-bond acceptors (Lipinski definition) is 5. The van der Waals surface area contributed by atoms with Gasteiger partial charge in [-0.15, -0.1) is 0 Å². The SMILES string of the molecule is CCN(CC)S(=O)(=O)c1ccc([C@H](C)NCC(=O)N(Cc2ccco2)CC(F)(F)F)cc1. The molecule has 0 unspecified atom stereocenters. The van der Waals surface area contributed by atoms with Crippen LogP contribution in [0.1, 0.15) is 38.1 Å². The summed E-state index contributed by atoms with van der Waals surface area (Å²) in [5.74, 6) is -0.480. The van der Waals surface area contributed by atoms with Gasteiger partial charge in [0.25, 0.3) is 0 Å². The average Bonchev–Trinajstić information content (AvgIpc) is 3.24. The standard InChI is InChI=1S/C21H28F3N3O4S/c1-4-27(5-2)32(29,30)19-10-8-17(9-11-19)16(3)25-13-20(28)26(15-21(22,23)24)14-18-7-6-12-31-18/h6-12,16,25H,4-5,13-15H2,1-3H3/t16-/m0/s1. The molecule has 1 heterocycles. The second-order valence-corrected chi connectivity index (χ2v) is 9.14. The fourth-order valence-corrected chi connectivity index (χ4v) is 4.61. The third kappa shape index (κ3) is 7.07. The van der Waals surface area contributed by atoms with Crippen LogP contribution >= 0.6 is 0 Å². The van der Waals surface area contributed by atoms with Crippen molar-refractivity contribution in [1.29, 1.82) is 0 Å². The summed E-state index contributed by atoms with van der Waals surface area (Å²) in [5.41, 5.74) is 0.699. The van der Waals surface area contributed by atoms with Crippen molar-refractivity contribution in [2.45, 2.75) is 44.4 Å². The number of carbonyl (C=O) groups is 1. The van der Waals surface area contributed by atoms with E-state index in [4.69, 9.17) is 4.42 Å². The topological polar surface area (TPSA) is 82.9 Å². The van der Waals surface area contributed by atoms with Crippen molar-refractivity contribution < 1.29 is 30.8 Å². The van der Waals surface area contributed by atoms with Gasteiger partial charge in [-0.3, -0.25) is 4.79 Å². The smallest absolute Gasteiger partial charge is 0.406 e. The number of furan rings is 1. The maximum absolute atomic E-state index is 12.9. The largest absolute Gasteiger partial charge is 0.467 e. The summed E-state index contributed by atoms with van der Waals surface area (Å²) in [6.45, 7) is 3.96. The van der Waals surface area contributed by atoms with Gasteiger partial charge in [0.2, 0.25) is 15.9 Å². The lowest BCUT2D eigenvalue weighted by molar-refractivity contribution is -0.162. The van der Waals surface area contributed by atoms with E-state index in [9.17, 15) is 26.4 Å². The third-order valence-corrected chi connectivity index (χ3v) is 7.00. The molecule has 2 aromatic rings. The molecule has 2 rings (SSSR count). The van der Waals surface area contributed by atoms with Crippen LogP contribution in [0.25, 0.3) is 0 Å². The first-order valence-corrected chi connectivity index (χ1v) is 11.6. The molecule has 1 N–H and O–H groups in total. The molecule has 1 aromatic carbocycles. The number of sulfonamides is 1. The summed E-state index contributed by atoms with van der Waals surface area (Å²) >= 11 is 0. The number of nitrogens with zero attached hydrogens (tertiary/aromatic N) is 2. The normalized spacial score (nSPS) is 13.3. The van der Waals surface area contributed by atoms with Gasteiger partial charge in [-0.1, -0.05) is 26.0 Å². The van der Waals surface area contributed by atoms with Crippen LogP contribution in [0.4, 0.5) is 13.2 Å². The second kappa shape index (κ2) is 11.0. The lowest BCUT2D eigenvalue weighted by Crippen LogP contribution is -2.43. The van der Waals surface area contributed by atoms with Gasteiger partial charge in [0.05, 0.1) is 24.2 Å². The average molecular weight is 476 g/mol. The van der Waals surface area contributed by atoms with Crippen molar-refractivity contribution in [3.05, 3.63) is 54.0 Å². The maximum atomic E-state index is 12.9. The van der Waals surface area contributed by atoms with Gasteiger partial charge in [0, 0.05) is 19.1 Å². The monoisotopic (exact) mass is 475 g/mol. The van der Waals surface area contributed by atoms with Gasteiger partial charge in [0.1, 0.15) is 12.3 Å². The van der Waals surface area contributed by atoms with E-state index in [-0.39, 0.29) is 29.8 Å². The Hall–Kier alpha value is -2.37. The highest BCUT2D eigenvalue weighted by molar-refractivity contribution is 7.89. The van der Waals surface area contributed by atoms with E-state index >= 15 is 0 Å². The number of carbonyl (C=O) groups excluding carboxylic acids is 1. The number of hydrogen-bond donors (Lipinski definition) is 1. The van der Waals surface area contributed by atoms with E-state index in [1.54, 1.807) is 32.9 Å². The van der Waals surface area contributed by atoms with E-state index in [0.717, 1.165) is 0 Å². The molecule has 0 aliphatic carbocycles. The minimum Gasteiger partial charge on any atom is -0.467 e. The quantitative estimate of drug-likeness (QED) is 0.538. The highest BCUT2D eigenvalue weighted by atomic mass is 32.2. The Morgan fingerprint density at radius 3 is 2.25 bits per heavy atom. The Bertz CT molecular complexity index is 957. The van der Waals surface area contributed by atoms with Gasteiger partial charge in [-0.25, -0.2) is 8.42 Å². The highest BCUT2D eigenvalue weighted by Gasteiger charge is 2.33. The first-order chi connectivity index (χ1) is 15.0. The Kier molecular flexibility index (Phi) is 8.88. The fraction of sp³-hybridized carbons (Fsp3) is 0.476. The number of amides is 1. The Balaban J connectivity index is 2.03. The van der Waals surface area contributed by atoms with Gasteiger partial charge >= 0.3 is 6.18 Å². The molecule has 178 valence electrons. The molecule has 1 amide bonds. The lowest BCUT2D eigenvalue weighted by Gasteiger charge is -2.24. The zero-order valence-electron chi connectivity index (χ0n) is 18.2. The Morgan fingerprint density at radius 2 is 1.75 bits per heavy atom. The molecule has 0 radical (unpaired) electrons. The molecule has 32 heavy (non-hydrogen) atoms. The first kappa shape index (κ1) is 25.9. The number of alkyl halides is 3. The van der Waals surface area contributed by atoms with Crippen LogP contribution in [-0.2, 0) is 21.4 Å². The molecule has 1 aromatic heterocycles. The van der Waals surface area contributed by atoms with Crippen LogP contribution in [0, 0.1) is 0 Å². The molecule has 7 nitrogen and oxygen atoms in total. The zero-order chi connectivity index (χ0) is 23.9. The molecule has 0 spiro atoms. The summed E-state index contributed by atoms with van der Waals surface area (Å²) < 4.78 is 70.3. The van der Waals surface area contributed by atoms with Gasteiger partial charge < -0.3 is 14.6 Å². The van der Waals surface area contributed by atoms with Gasteiger partial charge in [-0.2, -0.15) is 17.5 Å². The van der Waals surface area contributed by atoms with E-state index in [1.165, 1.54) is 34.8 Å². The van der Waals surface area contributed by atoms with E-state index in [2.05, 4.69) is 5.32 Å². The molecular formula is C21H28F3N3O4S. The van der Waals surface area contributed by atoms with Crippen molar-refractivity contribution >= 4 is 15.9 Å². The molecule has 0 aliphatic rings. The second-order valence-electron chi connectivity index (χ2n) is 7.21. The molecule has 0 saturated carbocycles. The van der Waals surface area contributed by atoms with Crippen molar-refractivity contribution in [1.82, 2.24) is 14.5 Å². The third-order valence-electron chi connectivity index (χ3n) is 4.93. The number of rotatable bonds is 11. The van der Waals surface area contributed by atoms with Crippen LogP contribution in [-0.4, -0.2) is 55.9 Å². The maximum Gasteiger partial charge on any atom is 0.406 e. The summed E-state index contributed by atoms with van der Waals surface area (Å²) in [4.78, 5) is 13.3. The molecule has 1 atom stereocenters. The van der Waals surface area contributed by atoms with Gasteiger partial charge in [0.15, 0.2) is 0 Å². The van der Waals surface area contributed by atoms with Crippen LogP contribution in [0.5, 0.6) is 0 Å². The molecule has 11 heteroatoms. The van der Waals surface area contributed by atoms with Crippen LogP contribution in [0.3, 0.4) is 0 Å². The fourth-order valence-electron chi connectivity index (χ4n) is 3.15. The Morgan fingerprint density at radius 1 is 1.12 bits per heavy atom. The van der Waals surface area contributed by atoms with E-state index in [1.807, 2.05) is 0 Å². The predicted octanol–water partition coefficient (Wildman–Crippen LogP) is 3.55. The lowest BCUT2D eigenvalue weighted by atomic mass is 10.1. The van der Waals surface area contributed by atoms with Crippen molar-refractivity contribution in [3.63, 3.8) is 0 Å². The van der Waals surface area contributed by atoms with Crippen molar-refractivity contribution in [2.24, 2.45) is 0 Å². The van der Waals surface area contributed by atoms with Crippen LogP contribution in [0.2, 0.25) is 0 Å². The summed E-state index contributed by atoms with van der Waals surface area (Å²) in [6, 6.07) is 8.85. The summed E-state index contributed by atoms with van der Waals surface area (Å²) in [6.07, 6.45) is -3.21. The van der Waals surface area contributed by atoms with Crippen molar-refractivity contribution in [2.75, 3.05) is 26.2 Å². The molecular weight excluding hydrogens is 447 g/mol. The van der Waals surface area contributed by atoms with Crippen LogP contribution in [0.15, 0.2) is 52.0 Å². The van der Waals surface area contributed by atoms with E-state index < -0.39 is 28.7 Å². The molecule has 0 fully saturated rings. The minimum absolute atomic E-state index is 0.156. The van der Waals surface area contributed by atoms with Crippen LogP contribution < -0.4 is 5.32 Å². The summed E-state index contributed by atoms with van der Waals surface area (Å²) in [5, 5.41) is 2.90. The van der Waals surface area contributed by atoms with E-state index in [0.29, 0.717) is 23.6 Å². The van der Waals surface area contributed by atoms with Crippen molar-refractivity contribution in [3.8, 4) is 0 Å². The molecule has 0 aliphatic heterocycles. The van der Waals surface area contributed by atoms with Gasteiger partial charge in [-0.05, 0) is 36.8 Å². The zero-order valence-corrected chi connectivity index (χ0v) is 19.0. The minimum atomic E-state index is -4.54. The molecule has 0 bridgehead atoms. The molecule has 0 saturated heterocycles. The number of halogens is 3. The highest BCUT2D eigenvalue weighted by Crippen LogP contribution is 2.21. The predicted molar refractivity (Wildman–Crippen MR) is 113 cm³/mol. The summed E-state index contributed by atoms with van der Waals surface area (Å²) in [7, 11) is -3.59. The Labute approximate surface area is 186 Å². The first-order valence-electron chi connectivity index (χ1n) is 10.2. The number of benzene rings is 1. The number of nitrogens with one attached hydrogen (secondary N) is 1.